The van der Waals surface area contributed by atoms with E-state index in [0.717, 1.165) is 11.9 Å². The first-order valence-corrected chi connectivity index (χ1v) is 3.14. The number of carbonyl (C=O) groups excluding carboxylic acids is 1. The Morgan fingerprint density at radius 3 is 2.50 bits per heavy atom. The second-order valence-electron chi connectivity index (χ2n) is 2.28. The van der Waals surface area contributed by atoms with Crippen LogP contribution in [0.25, 0.3) is 0 Å². The molecule has 0 aromatic carbocycles. The Balaban J connectivity index is 4.02. The molecular formula is C8H13NO. The lowest BCUT2D eigenvalue weighted by Gasteiger charge is -2.04. The van der Waals surface area contributed by atoms with Crippen LogP contribution in [-0.4, -0.2) is 25.3 Å². The van der Waals surface area contributed by atoms with Crippen LogP contribution < -0.4 is 0 Å². The number of aldehydes is 1. The van der Waals surface area contributed by atoms with E-state index < -0.39 is 0 Å². The van der Waals surface area contributed by atoms with Crippen molar-refractivity contribution in [1.29, 1.82) is 0 Å². The smallest absolute Gasteiger partial charge is 0.147 e. The van der Waals surface area contributed by atoms with E-state index in [-0.39, 0.29) is 0 Å². The predicted octanol–water partition coefficient (Wildman–Crippen LogP) is 1.21. The normalized spacial score (nSPS) is 10.8. The number of hydrogen-bond acceptors (Lipinski definition) is 2. The lowest BCUT2D eigenvalue weighted by atomic mass is 10.2. The van der Waals surface area contributed by atoms with E-state index in [1.165, 1.54) is 0 Å². The predicted molar refractivity (Wildman–Crippen MR) is 42.6 cm³/mol. The van der Waals surface area contributed by atoms with Gasteiger partial charge in [0.2, 0.25) is 0 Å². The fourth-order valence-corrected chi connectivity index (χ4v) is 0.630. The first-order valence-electron chi connectivity index (χ1n) is 3.14. The summed E-state index contributed by atoms with van der Waals surface area (Å²) in [5.74, 6) is 0. The van der Waals surface area contributed by atoms with Crippen molar-refractivity contribution >= 4 is 6.29 Å². The molecule has 0 saturated heterocycles. The van der Waals surface area contributed by atoms with E-state index in [2.05, 4.69) is 6.58 Å². The molecule has 0 spiro atoms. The van der Waals surface area contributed by atoms with Crippen molar-refractivity contribution in [3.63, 3.8) is 0 Å². The second kappa shape index (κ2) is 4.79. The van der Waals surface area contributed by atoms with Gasteiger partial charge in [0.25, 0.3) is 0 Å². The number of carbonyl (C=O) groups is 1. The molecule has 0 heterocycles. The standard InChI is InChI=1S/C8H13NO/c1-4-5-8(7-10)6-9(2)3/h4,6-7H,1,5H2,2-3H3. The minimum absolute atomic E-state index is 0.641. The molecule has 2 heteroatoms. The van der Waals surface area contributed by atoms with Gasteiger partial charge < -0.3 is 4.90 Å². The maximum absolute atomic E-state index is 10.3. The molecule has 0 aliphatic carbocycles. The van der Waals surface area contributed by atoms with Crippen molar-refractivity contribution in [2.45, 2.75) is 6.42 Å². The lowest BCUT2D eigenvalue weighted by Crippen LogP contribution is -2.03. The fourth-order valence-electron chi connectivity index (χ4n) is 0.630. The van der Waals surface area contributed by atoms with Gasteiger partial charge in [-0.3, -0.25) is 4.79 Å². The summed E-state index contributed by atoms with van der Waals surface area (Å²) in [7, 11) is 3.76. The Kier molecular flexibility index (Phi) is 4.29. The summed E-state index contributed by atoms with van der Waals surface area (Å²) in [4.78, 5) is 12.1. The highest BCUT2D eigenvalue weighted by molar-refractivity contribution is 5.73. The summed E-state index contributed by atoms with van der Waals surface area (Å²) < 4.78 is 0. The molecule has 0 aliphatic rings. The van der Waals surface area contributed by atoms with Crippen molar-refractivity contribution < 1.29 is 4.79 Å². The van der Waals surface area contributed by atoms with Gasteiger partial charge in [0.1, 0.15) is 6.29 Å². The molecule has 0 N–H and O–H groups in total. The maximum Gasteiger partial charge on any atom is 0.147 e. The van der Waals surface area contributed by atoms with Gasteiger partial charge in [-0.05, 0) is 6.42 Å². The van der Waals surface area contributed by atoms with Crippen LogP contribution >= 0.6 is 0 Å². The summed E-state index contributed by atoms with van der Waals surface area (Å²) in [6.45, 7) is 3.54. The zero-order valence-electron chi connectivity index (χ0n) is 6.50. The summed E-state index contributed by atoms with van der Waals surface area (Å²) in [6, 6.07) is 0. The van der Waals surface area contributed by atoms with Gasteiger partial charge in [-0.1, -0.05) is 6.08 Å². The van der Waals surface area contributed by atoms with Crippen LogP contribution in [0.5, 0.6) is 0 Å². The molecule has 56 valence electrons. The molecule has 0 atom stereocenters. The molecule has 0 fully saturated rings. The molecule has 0 bridgehead atoms. The number of rotatable bonds is 4. The highest BCUT2D eigenvalue weighted by atomic mass is 16.1. The Morgan fingerprint density at radius 2 is 2.20 bits per heavy atom. The number of allylic oxidation sites excluding steroid dienone is 2. The lowest BCUT2D eigenvalue weighted by molar-refractivity contribution is -0.105. The Hall–Kier alpha value is -1.05. The molecule has 0 saturated carbocycles. The van der Waals surface area contributed by atoms with Gasteiger partial charge >= 0.3 is 0 Å². The number of nitrogens with zero attached hydrogens (tertiary/aromatic N) is 1. The Bertz CT molecular complexity index is 147. The van der Waals surface area contributed by atoms with Crippen molar-refractivity contribution in [3.05, 3.63) is 24.4 Å². The fraction of sp³-hybridized carbons (Fsp3) is 0.375. The summed E-state index contributed by atoms with van der Waals surface area (Å²) in [6.07, 6.45) is 4.99. The van der Waals surface area contributed by atoms with Crippen LogP contribution in [0.3, 0.4) is 0 Å². The molecule has 0 radical (unpaired) electrons. The van der Waals surface area contributed by atoms with Crippen molar-refractivity contribution in [1.82, 2.24) is 4.90 Å². The van der Waals surface area contributed by atoms with Gasteiger partial charge in [0.05, 0.1) is 0 Å². The molecule has 0 amide bonds. The third kappa shape index (κ3) is 3.89. The van der Waals surface area contributed by atoms with Crippen LogP contribution in [0.1, 0.15) is 6.42 Å². The SMILES string of the molecule is C=CCC(C=O)=CN(C)C. The van der Waals surface area contributed by atoms with E-state index in [1.807, 2.05) is 19.0 Å². The Labute approximate surface area is 61.8 Å². The van der Waals surface area contributed by atoms with Crippen LogP contribution in [0.4, 0.5) is 0 Å². The highest BCUT2D eigenvalue weighted by Crippen LogP contribution is 1.97. The third-order valence-electron chi connectivity index (χ3n) is 0.955. The van der Waals surface area contributed by atoms with Gasteiger partial charge in [-0.15, -0.1) is 6.58 Å². The van der Waals surface area contributed by atoms with E-state index in [4.69, 9.17) is 0 Å². The first-order chi connectivity index (χ1) is 4.70. The molecule has 0 rings (SSSR count). The third-order valence-corrected chi connectivity index (χ3v) is 0.955. The van der Waals surface area contributed by atoms with Crippen LogP contribution in [0, 0.1) is 0 Å². The van der Waals surface area contributed by atoms with Crippen molar-refractivity contribution in [2.75, 3.05) is 14.1 Å². The number of hydrogen-bond donors (Lipinski definition) is 0. The van der Waals surface area contributed by atoms with E-state index in [1.54, 1.807) is 12.3 Å². The van der Waals surface area contributed by atoms with Gasteiger partial charge in [0.15, 0.2) is 0 Å². The molecular weight excluding hydrogens is 126 g/mol. The van der Waals surface area contributed by atoms with E-state index >= 15 is 0 Å². The zero-order chi connectivity index (χ0) is 7.98. The maximum atomic E-state index is 10.3. The van der Waals surface area contributed by atoms with Crippen molar-refractivity contribution in [2.24, 2.45) is 0 Å². The molecule has 0 aliphatic heterocycles. The van der Waals surface area contributed by atoms with Crippen LogP contribution in [-0.2, 0) is 4.79 Å². The van der Waals surface area contributed by atoms with E-state index in [0.29, 0.717) is 6.42 Å². The molecule has 0 unspecified atom stereocenters. The van der Waals surface area contributed by atoms with Crippen molar-refractivity contribution in [3.8, 4) is 0 Å². The monoisotopic (exact) mass is 139 g/mol. The minimum Gasteiger partial charge on any atom is -0.383 e. The first kappa shape index (κ1) is 8.95. The summed E-state index contributed by atoms with van der Waals surface area (Å²) in [5.41, 5.74) is 0.750. The molecule has 10 heavy (non-hydrogen) atoms. The minimum atomic E-state index is 0.641. The molecule has 0 aromatic heterocycles. The van der Waals surface area contributed by atoms with Gasteiger partial charge in [-0.2, -0.15) is 0 Å². The van der Waals surface area contributed by atoms with E-state index in [9.17, 15) is 4.79 Å². The quantitative estimate of drug-likeness (QED) is 0.331. The van der Waals surface area contributed by atoms with Gasteiger partial charge in [0, 0.05) is 25.9 Å². The van der Waals surface area contributed by atoms with Crippen LogP contribution in [0.15, 0.2) is 24.4 Å². The summed E-state index contributed by atoms with van der Waals surface area (Å²) in [5, 5.41) is 0. The summed E-state index contributed by atoms with van der Waals surface area (Å²) >= 11 is 0. The highest BCUT2D eigenvalue weighted by Gasteiger charge is 1.90. The topological polar surface area (TPSA) is 20.3 Å². The average Bonchev–Trinajstić information content (AvgIpc) is 1.86. The average molecular weight is 139 g/mol. The molecule has 0 aromatic rings. The largest absolute Gasteiger partial charge is 0.383 e. The molecule has 2 nitrogen and oxygen atoms in total. The second-order valence-corrected chi connectivity index (χ2v) is 2.28. The zero-order valence-corrected chi connectivity index (χ0v) is 6.50. The Morgan fingerprint density at radius 1 is 1.60 bits per heavy atom. The van der Waals surface area contributed by atoms with Gasteiger partial charge in [-0.25, -0.2) is 0 Å². The van der Waals surface area contributed by atoms with Crippen LogP contribution in [0.2, 0.25) is 0 Å².